The van der Waals surface area contributed by atoms with E-state index in [1.165, 1.54) is 5.56 Å². The van der Waals surface area contributed by atoms with Crippen LogP contribution in [-0.2, 0) is 0 Å². The van der Waals surface area contributed by atoms with Gasteiger partial charge in [0.1, 0.15) is 5.58 Å². The second-order valence-electron chi connectivity index (χ2n) is 4.52. The van der Waals surface area contributed by atoms with Gasteiger partial charge < -0.3 is 10.2 Å². The Kier molecular flexibility index (Phi) is 2.65. The molecule has 0 radical (unpaired) electrons. The minimum absolute atomic E-state index is 0.144. The Hall–Kier alpha value is -2.06. The molecule has 0 amide bonds. The first kappa shape index (κ1) is 11.1. The van der Waals surface area contributed by atoms with E-state index in [-0.39, 0.29) is 6.04 Å². The smallest absolute Gasteiger partial charge is 0.134 e. The van der Waals surface area contributed by atoms with Gasteiger partial charge in [0.2, 0.25) is 0 Å². The van der Waals surface area contributed by atoms with Crippen molar-refractivity contribution in [3.8, 4) is 0 Å². The van der Waals surface area contributed by atoms with Crippen molar-refractivity contribution in [3.05, 3.63) is 71.5 Å². The lowest BCUT2D eigenvalue weighted by Crippen LogP contribution is -2.12. The van der Waals surface area contributed by atoms with Gasteiger partial charge in [0.05, 0.1) is 12.3 Å². The fourth-order valence-corrected chi connectivity index (χ4v) is 2.34. The quantitative estimate of drug-likeness (QED) is 0.736. The molecule has 3 rings (SSSR count). The van der Waals surface area contributed by atoms with Crippen molar-refractivity contribution in [1.82, 2.24) is 0 Å². The molecule has 2 aromatic carbocycles. The number of fused-ring (bicyclic) bond motifs is 1. The highest BCUT2D eigenvalue weighted by molar-refractivity contribution is 5.81. The lowest BCUT2D eigenvalue weighted by Gasteiger charge is -2.13. The van der Waals surface area contributed by atoms with Gasteiger partial charge in [-0.25, -0.2) is 0 Å². The van der Waals surface area contributed by atoms with Gasteiger partial charge in [-0.05, 0) is 24.1 Å². The third kappa shape index (κ3) is 1.71. The molecule has 1 atom stereocenters. The Labute approximate surface area is 106 Å². The zero-order chi connectivity index (χ0) is 12.5. The molecule has 1 unspecified atom stereocenters. The highest BCUT2D eigenvalue weighted by Gasteiger charge is 2.16. The molecule has 0 aliphatic carbocycles. The van der Waals surface area contributed by atoms with Gasteiger partial charge in [-0.1, -0.05) is 42.5 Å². The highest BCUT2D eigenvalue weighted by atomic mass is 16.3. The monoisotopic (exact) mass is 237 g/mol. The minimum Gasteiger partial charge on any atom is -0.464 e. The minimum atomic E-state index is -0.144. The maximum atomic E-state index is 6.37. The number of furan rings is 1. The van der Waals surface area contributed by atoms with Crippen molar-refractivity contribution in [2.75, 3.05) is 0 Å². The van der Waals surface area contributed by atoms with Gasteiger partial charge in [-0.2, -0.15) is 0 Å². The molecule has 2 nitrogen and oxygen atoms in total. The van der Waals surface area contributed by atoms with Gasteiger partial charge in [-0.15, -0.1) is 0 Å². The topological polar surface area (TPSA) is 39.2 Å². The fraction of sp³-hybridized carbons (Fsp3) is 0.125. The SMILES string of the molecule is Cc1ccccc1C(N)c1coc2ccccc12. The van der Waals surface area contributed by atoms with Crippen molar-refractivity contribution in [2.24, 2.45) is 5.73 Å². The standard InChI is InChI=1S/C16H15NO/c1-11-6-2-3-7-12(11)16(17)14-10-18-15-9-5-4-8-13(14)15/h2-10,16H,17H2,1H3. The summed E-state index contributed by atoms with van der Waals surface area (Å²) in [6, 6.07) is 16.0. The molecule has 1 heterocycles. The second-order valence-corrected chi connectivity index (χ2v) is 4.52. The summed E-state index contributed by atoms with van der Waals surface area (Å²) in [5, 5.41) is 1.09. The molecule has 0 fully saturated rings. The fourth-order valence-electron chi connectivity index (χ4n) is 2.34. The van der Waals surface area contributed by atoms with Crippen LogP contribution in [0.3, 0.4) is 0 Å². The van der Waals surface area contributed by atoms with Gasteiger partial charge in [-0.3, -0.25) is 0 Å². The van der Waals surface area contributed by atoms with E-state index >= 15 is 0 Å². The van der Waals surface area contributed by atoms with E-state index in [2.05, 4.69) is 19.1 Å². The predicted molar refractivity (Wildman–Crippen MR) is 73.4 cm³/mol. The van der Waals surface area contributed by atoms with E-state index in [0.29, 0.717) is 0 Å². The summed E-state index contributed by atoms with van der Waals surface area (Å²) in [5.74, 6) is 0. The first-order valence-electron chi connectivity index (χ1n) is 6.04. The van der Waals surface area contributed by atoms with Crippen LogP contribution < -0.4 is 5.73 Å². The van der Waals surface area contributed by atoms with E-state index in [1.54, 1.807) is 6.26 Å². The molecule has 0 aliphatic heterocycles. The molecule has 3 aromatic rings. The van der Waals surface area contributed by atoms with Gasteiger partial charge in [0.25, 0.3) is 0 Å². The third-order valence-corrected chi connectivity index (χ3v) is 3.37. The molecule has 90 valence electrons. The molecule has 2 heteroatoms. The van der Waals surface area contributed by atoms with E-state index in [4.69, 9.17) is 10.2 Å². The van der Waals surface area contributed by atoms with Crippen LogP contribution in [0, 0.1) is 6.92 Å². The summed E-state index contributed by atoms with van der Waals surface area (Å²) in [5.41, 5.74) is 10.6. The predicted octanol–water partition coefficient (Wildman–Crippen LogP) is 3.79. The number of nitrogens with two attached hydrogens (primary N) is 1. The number of hydrogen-bond acceptors (Lipinski definition) is 2. The molecule has 0 spiro atoms. The lowest BCUT2D eigenvalue weighted by atomic mass is 9.95. The zero-order valence-corrected chi connectivity index (χ0v) is 10.3. The average molecular weight is 237 g/mol. The second kappa shape index (κ2) is 4.31. The third-order valence-electron chi connectivity index (χ3n) is 3.37. The number of para-hydroxylation sites is 1. The van der Waals surface area contributed by atoms with Crippen LogP contribution in [0.25, 0.3) is 11.0 Å². The summed E-state index contributed by atoms with van der Waals surface area (Å²) >= 11 is 0. The normalized spacial score (nSPS) is 12.8. The number of aryl methyl sites for hydroxylation is 1. The van der Waals surface area contributed by atoms with Crippen LogP contribution in [0.15, 0.2) is 59.2 Å². The van der Waals surface area contributed by atoms with Crippen LogP contribution in [0.5, 0.6) is 0 Å². The summed E-state index contributed by atoms with van der Waals surface area (Å²) in [7, 11) is 0. The Balaban J connectivity index is 2.13. The molecule has 2 N–H and O–H groups in total. The van der Waals surface area contributed by atoms with Crippen molar-refractivity contribution < 1.29 is 4.42 Å². The summed E-state index contributed by atoms with van der Waals surface area (Å²) in [6.45, 7) is 2.08. The average Bonchev–Trinajstić information content (AvgIpc) is 2.82. The Bertz CT molecular complexity index is 684. The Morgan fingerprint density at radius 3 is 2.50 bits per heavy atom. The number of rotatable bonds is 2. The van der Waals surface area contributed by atoms with Gasteiger partial charge in [0, 0.05) is 10.9 Å². The molecule has 18 heavy (non-hydrogen) atoms. The van der Waals surface area contributed by atoms with Crippen molar-refractivity contribution in [2.45, 2.75) is 13.0 Å². The molecular formula is C16H15NO. The lowest BCUT2D eigenvalue weighted by molar-refractivity contribution is 0.607. The first-order chi connectivity index (χ1) is 8.77. The van der Waals surface area contributed by atoms with Gasteiger partial charge in [0.15, 0.2) is 0 Å². The highest BCUT2D eigenvalue weighted by Crippen LogP contribution is 2.30. The van der Waals surface area contributed by atoms with Crippen LogP contribution in [0.2, 0.25) is 0 Å². The van der Waals surface area contributed by atoms with Gasteiger partial charge >= 0.3 is 0 Å². The largest absolute Gasteiger partial charge is 0.464 e. The van der Waals surface area contributed by atoms with E-state index < -0.39 is 0 Å². The van der Waals surface area contributed by atoms with Crippen LogP contribution in [-0.4, -0.2) is 0 Å². The molecule has 0 bridgehead atoms. The molecular weight excluding hydrogens is 222 g/mol. The first-order valence-corrected chi connectivity index (χ1v) is 6.04. The molecule has 1 aromatic heterocycles. The van der Waals surface area contributed by atoms with Crippen LogP contribution in [0.1, 0.15) is 22.7 Å². The van der Waals surface area contributed by atoms with Crippen LogP contribution in [0.4, 0.5) is 0 Å². The van der Waals surface area contributed by atoms with E-state index in [9.17, 15) is 0 Å². The summed E-state index contributed by atoms with van der Waals surface area (Å²) < 4.78 is 5.55. The number of benzene rings is 2. The van der Waals surface area contributed by atoms with Crippen LogP contribution >= 0.6 is 0 Å². The molecule has 0 saturated carbocycles. The Morgan fingerprint density at radius 1 is 0.944 bits per heavy atom. The van der Waals surface area contributed by atoms with Crippen molar-refractivity contribution in [3.63, 3.8) is 0 Å². The number of hydrogen-bond donors (Lipinski definition) is 1. The zero-order valence-electron chi connectivity index (χ0n) is 10.3. The molecule has 0 aliphatic rings. The Morgan fingerprint density at radius 2 is 1.67 bits per heavy atom. The summed E-state index contributed by atoms with van der Waals surface area (Å²) in [4.78, 5) is 0. The van der Waals surface area contributed by atoms with E-state index in [0.717, 1.165) is 22.1 Å². The maximum Gasteiger partial charge on any atom is 0.134 e. The maximum absolute atomic E-state index is 6.37. The van der Waals surface area contributed by atoms with E-state index in [1.807, 2.05) is 36.4 Å². The summed E-state index contributed by atoms with van der Waals surface area (Å²) in [6.07, 6.45) is 1.77. The molecule has 0 saturated heterocycles. The van der Waals surface area contributed by atoms with Crippen molar-refractivity contribution >= 4 is 11.0 Å². The van der Waals surface area contributed by atoms with Crippen molar-refractivity contribution in [1.29, 1.82) is 0 Å².